The molecule has 6 nitrogen and oxygen atoms in total. The van der Waals surface area contributed by atoms with E-state index in [-0.39, 0.29) is 19.0 Å². The second kappa shape index (κ2) is 6.69. The van der Waals surface area contributed by atoms with Crippen LogP contribution in [0, 0.1) is 0 Å². The SMILES string of the molecule is CC(C(=O)O)N(Cc1ccccc1)C(=O)Cn1cccn1. The van der Waals surface area contributed by atoms with E-state index in [0.717, 1.165) is 5.56 Å². The Labute approximate surface area is 122 Å². The van der Waals surface area contributed by atoms with Gasteiger partial charge in [0.25, 0.3) is 0 Å². The summed E-state index contributed by atoms with van der Waals surface area (Å²) in [6, 6.07) is 10.1. The van der Waals surface area contributed by atoms with Crippen molar-refractivity contribution in [3.63, 3.8) is 0 Å². The maximum Gasteiger partial charge on any atom is 0.326 e. The number of aliphatic carboxylic acids is 1. The number of carbonyl (C=O) groups excluding carboxylic acids is 1. The Balaban J connectivity index is 2.15. The van der Waals surface area contributed by atoms with Crippen molar-refractivity contribution in [1.29, 1.82) is 0 Å². The molecule has 2 rings (SSSR count). The predicted molar refractivity (Wildman–Crippen MR) is 76.3 cm³/mol. The average molecular weight is 287 g/mol. The van der Waals surface area contributed by atoms with Crippen molar-refractivity contribution in [2.75, 3.05) is 0 Å². The van der Waals surface area contributed by atoms with Crippen molar-refractivity contribution in [2.24, 2.45) is 0 Å². The van der Waals surface area contributed by atoms with Gasteiger partial charge in [-0.3, -0.25) is 9.48 Å². The number of hydrogen-bond donors (Lipinski definition) is 1. The van der Waals surface area contributed by atoms with Gasteiger partial charge >= 0.3 is 5.97 Å². The van der Waals surface area contributed by atoms with Gasteiger partial charge in [0.15, 0.2) is 0 Å². The molecule has 1 atom stereocenters. The third kappa shape index (κ3) is 3.92. The van der Waals surface area contributed by atoms with Crippen molar-refractivity contribution in [1.82, 2.24) is 14.7 Å². The normalized spacial score (nSPS) is 11.9. The van der Waals surface area contributed by atoms with Crippen LogP contribution in [0.2, 0.25) is 0 Å². The number of rotatable bonds is 6. The number of carboxylic acids is 1. The molecule has 0 saturated heterocycles. The average Bonchev–Trinajstić information content (AvgIpc) is 2.97. The maximum absolute atomic E-state index is 12.4. The molecule has 0 spiro atoms. The highest BCUT2D eigenvalue weighted by Gasteiger charge is 2.25. The molecule has 0 fully saturated rings. The monoisotopic (exact) mass is 287 g/mol. The van der Waals surface area contributed by atoms with Gasteiger partial charge in [-0.1, -0.05) is 30.3 Å². The number of benzene rings is 1. The van der Waals surface area contributed by atoms with Gasteiger partial charge in [0, 0.05) is 18.9 Å². The Morgan fingerprint density at radius 1 is 1.29 bits per heavy atom. The van der Waals surface area contributed by atoms with E-state index in [9.17, 15) is 14.7 Å². The molecule has 1 unspecified atom stereocenters. The minimum Gasteiger partial charge on any atom is -0.480 e. The zero-order valence-corrected chi connectivity index (χ0v) is 11.7. The minimum absolute atomic E-state index is 0.0253. The summed E-state index contributed by atoms with van der Waals surface area (Å²) in [4.78, 5) is 24.9. The Morgan fingerprint density at radius 2 is 2.00 bits per heavy atom. The van der Waals surface area contributed by atoms with E-state index < -0.39 is 12.0 Å². The Bertz CT molecular complexity index is 596. The van der Waals surface area contributed by atoms with Gasteiger partial charge in [0.05, 0.1) is 0 Å². The van der Waals surface area contributed by atoms with Gasteiger partial charge in [0.1, 0.15) is 12.6 Å². The zero-order chi connectivity index (χ0) is 15.2. The van der Waals surface area contributed by atoms with Crippen LogP contribution in [0.3, 0.4) is 0 Å². The number of carboxylic acid groups (broad SMARTS) is 1. The fourth-order valence-electron chi connectivity index (χ4n) is 1.98. The first-order valence-corrected chi connectivity index (χ1v) is 6.61. The molecular weight excluding hydrogens is 270 g/mol. The van der Waals surface area contributed by atoms with Crippen molar-refractivity contribution in [2.45, 2.75) is 26.1 Å². The van der Waals surface area contributed by atoms with E-state index in [1.807, 2.05) is 30.3 Å². The molecule has 110 valence electrons. The molecule has 2 aromatic rings. The highest BCUT2D eigenvalue weighted by molar-refractivity contribution is 5.83. The first-order chi connectivity index (χ1) is 10.1. The minimum atomic E-state index is -1.03. The molecule has 1 aromatic heterocycles. The van der Waals surface area contributed by atoms with Crippen LogP contribution in [0.5, 0.6) is 0 Å². The van der Waals surface area contributed by atoms with Crippen molar-refractivity contribution in [3.8, 4) is 0 Å². The quantitative estimate of drug-likeness (QED) is 0.871. The molecule has 6 heteroatoms. The molecule has 1 aromatic carbocycles. The van der Waals surface area contributed by atoms with Crippen LogP contribution in [0.25, 0.3) is 0 Å². The number of hydrogen-bond acceptors (Lipinski definition) is 3. The molecule has 1 N–H and O–H groups in total. The summed E-state index contributed by atoms with van der Waals surface area (Å²) >= 11 is 0. The van der Waals surface area contributed by atoms with Crippen LogP contribution in [-0.2, 0) is 22.7 Å². The van der Waals surface area contributed by atoms with Crippen molar-refractivity contribution >= 4 is 11.9 Å². The third-order valence-corrected chi connectivity index (χ3v) is 3.20. The molecule has 21 heavy (non-hydrogen) atoms. The van der Waals surface area contributed by atoms with Crippen LogP contribution in [0.1, 0.15) is 12.5 Å². The van der Waals surface area contributed by atoms with E-state index >= 15 is 0 Å². The largest absolute Gasteiger partial charge is 0.480 e. The van der Waals surface area contributed by atoms with Gasteiger partial charge < -0.3 is 10.0 Å². The Morgan fingerprint density at radius 3 is 2.57 bits per heavy atom. The Hall–Kier alpha value is -2.63. The lowest BCUT2D eigenvalue weighted by atomic mass is 10.1. The molecule has 0 saturated carbocycles. The second-order valence-electron chi connectivity index (χ2n) is 4.73. The van der Waals surface area contributed by atoms with Crippen LogP contribution in [-0.4, -0.2) is 37.7 Å². The standard InChI is InChI=1S/C15H17N3O3/c1-12(15(20)21)18(10-13-6-3-2-4-7-13)14(19)11-17-9-5-8-16-17/h2-9,12H,10-11H2,1H3,(H,20,21). The van der Waals surface area contributed by atoms with Crippen LogP contribution < -0.4 is 0 Å². The summed E-state index contributed by atoms with van der Waals surface area (Å²) in [5.74, 6) is -1.31. The van der Waals surface area contributed by atoms with Crippen molar-refractivity contribution < 1.29 is 14.7 Å². The highest BCUT2D eigenvalue weighted by atomic mass is 16.4. The summed E-state index contributed by atoms with van der Waals surface area (Å²) in [6.07, 6.45) is 3.25. The molecule has 0 aliphatic heterocycles. The van der Waals surface area contributed by atoms with E-state index in [1.54, 1.807) is 18.5 Å². The van der Waals surface area contributed by atoms with Crippen LogP contribution in [0.4, 0.5) is 0 Å². The highest BCUT2D eigenvalue weighted by Crippen LogP contribution is 2.10. The summed E-state index contributed by atoms with van der Waals surface area (Å²) in [6.45, 7) is 1.79. The third-order valence-electron chi connectivity index (χ3n) is 3.20. The van der Waals surface area contributed by atoms with Gasteiger partial charge in [-0.2, -0.15) is 5.10 Å². The van der Waals surface area contributed by atoms with Gasteiger partial charge in [-0.05, 0) is 18.6 Å². The molecular formula is C15H17N3O3. The van der Waals surface area contributed by atoms with Gasteiger partial charge in [-0.25, -0.2) is 4.79 Å². The Kier molecular flexibility index (Phi) is 4.71. The first-order valence-electron chi connectivity index (χ1n) is 6.61. The zero-order valence-electron chi connectivity index (χ0n) is 11.7. The lowest BCUT2D eigenvalue weighted by Crippen LogP contribution is -2.44. The predicted octanol–water partition coefficient (Wildman–Crippen LogP) is 1.39. The number of carbonyl (C=O) groups is 2. The van der Waals surface area contributed by atoms with Crippen LogP contribution >= 0.6 is 0 Å². The lowest BCUT2D eigenvalue weighted by Gasteiger charge is -2.26. The fourth-order valence-corrected chi connectivity index (χ4v) is 1.98. The first kappa shape index (κ1) is 14.8. The lowest BCUT2D eigenvalue weighted by molar-refractivity contribution is -0.150. The number of aromatic nitrogens is 2. The summed E-state index contributed by atoms with van der Waals surface area (Å²) < 4.78 is 1.48. The smallest absolute Gasteiger partial charge is 0.326 e. The van der Waals surface area contributed by atoms with E-state index in [1.165, 1.54) is 16.5 Å². The topological polar surface area (TPSA) is 75.4 Å². The molecule has 0 radical (unpaired) electrons. The van der Waals surface area contributed by atoms with Gasteiger partial charge in [0.2, 0.25) is 5.91 Å². The fraction of sp³-hybridized carbons (Fsp3) is 0.267. The summed E-state index contributed by atoms with van der Waals surface area (Å²) in [5.41, 5.74) is 0.888. The second-order valence-corrected chi connectivity index (χ2v) is 4.73. The molecule has 1 amide bonds. The maximum atomic E-state index is 12.4. The molecule has 1 heterocycles. The van der Waals surface area contributed by atoms with Crippen LogP contribution in [0.15, 0.2) is 48.8 Å². The van der Waals surface area contributed by atoms with E-state index in [2.05, 4.69) is 5.10 Å². The molecule has 0 bridgehead atoms. The molecule has 0 aliphatic rings. The number of nitrogens with zero attached hydrogens (tertiary/aromatic N) is 3. The van der Waals surface area contributed by atoms with Gasteiger partial charge in [-0.15, -0.1) is 0 Å². The number of amides is 1. The van der Waals surface area contributed by atoms with Crippen molar-refractivity contribution in [3.05, 3.63) is 54.4 Å². The van der Waals surface area contributed by atoms with E-state index in [0.29, 0.717) is 0 Å². The molecule has 0 aliphatic carbocycles. The summed E-state index contributed by atoms with van der Waals surface area (Å²) in [7, 11) is 0. The van der Waals surface area contributed by atoms with E-state index in [4.69, 9.17) is 0 Å². The summed E-state index contributed by atoms with van der Waals surface area (Å²) in [5, 5.41) is 13.2.